The van der Waals surface area contributed by atoms with Crippen LogP contribution >= 0.6 is 0 Å². The SMILES string of the molecule is CCCC(C)Nc1cc(C(=O)O)cc(C(F)(F)F)c1. The van der Waals surface area contributed by atoms with Gasteiger partial charge in [-0.05, 0) is 31.5 Å². The molecule has 1 atom stereocenters. The van der Waals surface area contributed by atoms with Crippen LogP contribution in [-0.2, 0) is 6.18 Å². The summed E-state index contributed by atoms with van der Waals surface area (Å²) in [5.74, 6) is -1.38. The Morgan fingerprint density at radius 1 is 1.37 bits per heavy atom. The van der Waals surface area contributed by atoms with Crippen molar-refractivity contribution < 1.29 is 23.1 Å². The van der Waals surface area contributed by atoms with Gasteiger partial charge in [0.1, 0.15) is 0 Å². The Bertz CT molecular complexity index is 458. The summed E-state index contributed by atoms with van der Waals surface area (Å²) in [6.45, 7) is 3.80. The third-order valence-electron chi connectivity index (χ3n) is 2.64. The number of hydrogen-bond acceptors (Lipinski definition) is 2. The Balaban J connectivity index is 3.10. The molecule has 0 aliphatic carbocycles. The average Bonchev–Trinajstić information content (AvgIpc) is 2.27. The van der Waals surface area contributed by atoms with E-state index in [1.54, 1.807) is 0 Å². The molecule has 1 unspecified atom stereocenters. The number of anilines is 1. The fourth-order valence-electron chi connectivity index (χ4n) is 1.79. The maximum absolute atomic E-state index is 12.7. The zero-order valence-corrected chi connectivity index (χ0v) is 10.7. The fraction of sp³-hybridized carbons (Fsp3) is 0.462. The standard InChI is InChI=1S/C13H16F3NO2/c1-3-4-8(2)17-11-6-9(12(18)19)5-10(7-11)13(14,15)16/h5-8,17H,3-4H2,1-2H3,(H,18,19). The fourth-order valence-corrected chi connectivity index (χ4v) is 1.79. The van der Waals surface area contributed by atoms with Gasteiger partial charge in [-0.3, -0.25) is 0 Å². The van der Waals surface area contributed by atoms with Gasteiger partial charge in [0.05, 0.1) is 11.1 Å². The third kappa shape index (κ3) is 4.46. The highest BCUT2D eigenvalue weighted by Crippen LogP contribution is 2.32. The molecule has 0 fully saturated rings. The van der Waals surface area contributed by atoms with Gasteiger partial charge in [-0.25, -0.2) is 4.79 Å². The summed E-state index contributed by atoms with van der Waals surface area (Å²) in [6.07, 6.45) is -2.88. The maximum Gasteiger partial charge on any atom is 0.416 e. The van der Waals surface area contributed by atoms with Crippen LogP contribution in [0.4, 0.5) is 18.9 Å². The van der Waals surface area contributed by atoms with E-state index < -0.39 is 17.7 Å². The van der Waals surface area contributed by atoms with Gasteiger partial charge in [0.15, 0.2) is 0 Å². The summed E-state index contributed by atoms with van der Waals surface area (Å²) >= 11 is 0. The lowest BCUT2D eigenvalue weighted by molar-refractivity contribution is -0.137. The van der Waals surface area contributed by atoms with Crippen LogP contribution in [0.2, 0.25) is 0 Å². The molecule has 1 aromatic rings. The van der Waals surface area contributed by atoms with E-state index in [-0.39, 0.29) is 17.3 Å². The smallest absolute Gasteiger partial charge is 0.416 e. The summed E-state index contributed by atoms with van der Waals surface area (Å²) in [5, 5.41) is 11.7. The Hall–Kier alpha value is -1.72. The molecule has 106 valence electrons. The summed E-state index contributed by atoms with van der Waals surface area (Å²) in [7, 11) is 0. The Morgan fingerprint density at radius 3 is 2.47 bits per heavy atom. The third-order valence-corrected chi connectivity index (χ3v) is 2.64. The van der Waals surface area contributed by atoms with Gasteiger partial charge >= 0.3 is 12.1 Å². The minimum atomic E-state index is -4.56. The zero-order valence-electron chi connectivity index (χ0n) is 10.7. The first-order valence-corrected chi connectivity index (χ1v) is 5.96. The van der Waals surface area contributed by atoms with Gasteiger partial charge in [-0.2, -0.15) is 13.2 Å². The predicted molar refractivity (Wildman–Crippen MR) is 66.4 cm³/mol. The number of nitrogens with one attached hydrogen (secondary N) is 1. The van der Waals surface area contributed by atoms with Crippen LogP contribution < -0.4 is 5.32 Å². The van der Waals surface area contributed by atoms with E-state index in [1.165, 1.54) is 6.07 Å². The van der Waals surface area contributed by atoms with Gasteiger partial charge in [0, 0.05) is 11.7 Å². The predicted octanol–water partition coefficient (Wildman–Crippen LogP) is 4.00. The quantitative estimate of drug-likeness (QED) is 0.853. The summed E-state index contributed by atoms with van der Waals surface area (Å²) < 4.78 is 38.0. The zero-order chi connectivity index (χ0) is 14.6. The van der Waals surface area contributed by atoms with E-state index in [1.807, 2.05) is 13.8 Å². The highest BCUT2D eigenvalue weighted by atomic mass is 19.4. The van der Waals surface area contributed by atoms with Gasteiger partial charge in [-0.15, -0.1) is 0 Å². The average molecular weight is 275 g/mol. The highest BCUT2D eigenvalue weighted by molar-refractivity contribution is 5.89. The van der Waals surface area contributed by atoms with E-state index >= 15 is 0 Å². The molecule has 0 saturated carbocycles. The lowest BCUT2D eigenvalue weighted by Crippen LogP contribution is -2.16. The monoisotopic (exact) mass is 275 g/mol. The second-order valence-electron chi connectivity index (χ2n) is 4.44. The minimum Gasteiger partial charge on any atom is -0.478 e. The number of halogens is 3. The van der Waals surface area contributed by atoms with Crippen molar-refractivity contribution in [1.29, 1.82) is 0 Å². The molecule has 0 aliphatic heterocycles. The molecule has 0 bridgehead atoms. The van der Waals surface area contributed by atoms with Crippen LogP contribution in [0.25, 0.3) is 0 Å². The van der Waals surface area contributed by atoms with E-state index in [0.717, 1.165) is 18.9 Å². The molecule has 1 rings (SSSR count). The van der Waals surface area contributed by atoms with Crippen LogP contribution in [0.15, 0.2) is 18.2 Å². The molecule has 0 saturated heterocycles. The number of carboxylic acid groups (broad SMARTS) is 1. The number of rotatable bonds is 5. The number of hydrogen-bond donors (Lipinski definition) is 2. The summed E-state index contributed by atoms with van der Waals surface area (Å²) in [5.41, 5.74) is -1.16. The van der Waals surface area contributed by atoms with E-state index in [4.69, 9.17) is 5.11 Å². The molecular formula is C13H16F3NO2. The Morgan fingerprint density at radius 2 is 2.00 bits per heavy atom. The first-order valence-electron chi connectivity index (χ1n) is 5.96. The van der Waals surface area contributed by atoms with Crippen molar-refractivity contribution in [2.24, 2.45) is 0 Å². The molecular weight excluding hydrogens is 259 g/mol. The highest BCUT2D eigenvalue weighted by Gasteiger charge is 2.31. The van der Waals surface area contributed by atoms with Crippen molar-refractivity contribution in [2.75, 3.05) is 5.32 Å². The first kappa shape index (κ1) is 15.3. The first-order chi connectivity index (χ1) is 8.74. The summed E-state index contributed by atoms with van der Waals surface area (Å²) in [6, 6.07) is 2.76. The van der Waals surface area contributed by atoms with Gasteiger partial charge in [-0.1, -0.05) is 13.3 Å². The molecule has 3 nitrogen and oxygen atoms in total. The lowest BCUT2D eigenvalue weighted by Gasteiger charge is -2.16. The molecule has 19 heavy (non-hydrogen) atoms. The van der Waals surface area contributed by atoms with Crippen LogP contribution in [-0.4, -0.2) is 17.1 Å². The minimum absolute atomic E-state index is 0.0184. The van der Waals surface area contributed by atoms with E-state index in [0.29, 0.717) is 6.07 Å². The molecule has 0 aromatic heterocycles. The number of benzene rings is 1. The number of carbonyl (C=O) groups is 1. The molecule has 0 radical (unpaired) electrons. The molecule has 0 heterocycles. The lowest BCUT2D eigenvalue weighted by atomic mass is 10.1. The molecule has 0 spiro atoms. The number of carboxylic acids is 1. The van der Waals surface area contributed by atoms with Gasteiger partial charge in [0.2, 0.25) is 0 Å². The second-order valence-corrected chi connectivity index (χ2v) is 4.44. The van der Waals surface area contributed by atoms with Crippen molar-refractivity contribution in [3.63, 3.8) is 0 Å². The molecule has 0 aliphatic rings. The van der Waals surface area contributed by atoms with E-state index in [2.05, 4.69) is 5.32 Å². The van der Waals surface area contributed by atoms with Gasteiger partial charge in [0.25, 0.3) is 0 Å². The molecule has 1 aromatic carbocycles. The number of alkyl halides is 3. The Labute approximate surface area is 109 Å². The maximum atomic E-state index is 12.7. The van der Waals surface area contributed by atoms with Crippen molar-refractivity contribution in [1.82, 2.24) is 0 Å². The van der Waals surface area contributed by atoms with Crippen molar-refractivity contribution in [3.05, 3.63) is 29.3 Å². The molecule has 6 heteroatoms. The number of aromatic carboxylic acids is 1. The van der Waals surface area contributed by atoms with Crippen molar-refractivity contribution in [3.8, 4) is 0 Å². The van der Waals surface area contributed by atoms with Crippen LogP contribution in [0.3, 0.4) is 0 Å². The second kappa shape index (κ2) is 5.95. The normalized spacial score (nSPS) is 13.1. The molecule has 2 N–H and O–H groups in total. The van der Waals surface area contributed by atoms with Crippen LogP contribution in [0.5, 0.6) is 0 Å². The van der Waals surface area contributed by atoms with Crippen LogP contribution in [0.1, 0.15) is 42.6 Å². The van der Waals surface area contributed by atoms with Crippen LogP contribution in [0, 0.1) is 0 Å². The Kier molecular flexibility index (Phi) is 4.80. The van der Waals surface area contributed by atoms with E-state index in [9.17, 15) is 18.0 Å². The van der Waals surface area contributed by atoms with Crippen molar-refractivity contribution >= 4 is 11.7 Å². The van der Waals surface area contributed by atoms with Crippen molar-refractivity contribution in [2.45, 2.75) is 38.9 Å². The van der Waals surface area contributed by atoms with Gasteiger partial charge < -0.3 is 10.4 Å². The summed E-state index contributed by atoms with van der Waals surface area (Å²) in [4.78, 5) is 10.8. The topological polar surface area (TPSA) is 49.3 Å². The molecule has 0 amide bonds. The largest absolute Gasteiger partial charge is 0.478 e.